The average Bonchev–Trinajstić information content (AvgIpc) is 3.22. The number of hydrogen-bond acceptors (Lipinski definition) is 10. The lowest BCUT2D eigenvalue weighted by atomic mass is 9.86. The van der Waals surface area contributed by atoms with Crippen molar-refractivity contribution in [3.05, 3.63) is 46.6 Å². The summed E-state index contributed by atoms with van der Waals surface area (Å²) in [5.74, 6) is -1.62. The zero-order chi connectivity index (χ0) is 23.6. The molecule has 0 spiro atoms. The molecule has 0 radical (unpaired) electrons. The number of imide groups is 1. The van der Waals surface area contributed by atoms with Crippen molar-refractivity contribution in [2.45, 2.75) is 12.0 Å². The highest BCUT2D eigenvalue weighted by atomic mass is 35.5. The summed E-state index contributed by atoms with van der Waals surface area (Å²) in [5, 5.41) is 4.00. The van der Waals surface area contributed by atoms with E-state index in [4.69, 9.17) is 26.8 Å². The van der Waals surface area contributed by atoms with E-state index in [1.54, 1.807) is 30.3 Å². The second-order valence-electron chi connectivity index (χ2n) is 7.38. The predicted molar refractivity (Wildman–Crippen MR) is 122 cm³/mol. The fraction of sp³-hybridized carbons (Fsp3) is 0.286. The number of benzene rings is 1. The van der Waals surface area contributed by atoms with Crippen LogP contribution in [-0.2, 0) is 25.5 Å². The van der Waals surface area contributed by atoms with E-state index < -0.39 is 29.9 Å². The predicted octanol–water partition coefficient (Wildman–Crippen LogP) is 1.42. The minimum absolute atomic E-state index is 0.00876. The van der Waals surface area contributed by atoms with Crippen molar-refractivity contribution in [3.63, 3.8) is 0 Å². The Morgan fingerprint density at radius 3 is 2.85 bits per heavy atom. The normalized spacial score (nSPS) is 18.4. The van der Waals surface area contributed by atoms with Gasteiger partial charge in [-0.25, -0.2) is 14.8 Å². The maximum Gasteiger partial charge on any atom is 0.333 e. The molecule has 172 valence electrons. The fourth-order valence-electron chi connectivity index (χ4n) is 3.86. The summed E-state index contributed by atoms with van der Waals surface area (Å²) in [7, 11) is 1.21. The van der Waals surface area contributed by atoms with Gasteiger partial charge in [0.05, 0.1) is 23.5 Å². The van der Waals surface area contributed by atoms with Gasteiger partial charge in [0.2, 0.25) is 5.91 Å². The summed E-state index contributed by atoms with van der Waals surface area (Å²) in [6, 6.07) is 8.48. The van der Waals surface area contributed by atoms with Crippen molar-refractivity contribution >= 4 is 57.4 Å². The summed E-state index contributed by atoms with van der Waals surface area (Å²) in [4.78, 5) is 48.2. The quantitative estimate of drug-likeness (QED) is 0.492. The molecule has 10 nitrogen and oxygen atoms in total. The van der Waals surface area contributed by atoms with Gasteiger partial charge in [-0.3, -0.25) is 14.5 Å². The summed E-state index contributed by atoms with van der Waals surface area (Å²) >= 11 is 7.05. The van der Waals surface area contributed by atoms with Gasteiger partial charge in [0.15, 0.2) is 17.2 Å². The maximum atomic E-state index is 13.2. The number of nitrogens with two attached hydrogens (primary N) is 1. The van der Waals surface area contributed by atoms with Gasteiger partial charge in [0, 0.05) is 18.4 Å². The number of carbonyl (C=O) groups excluding carboxylic acids is 3. The number of hydrogen-bond donors (Lipinski definition) is 2. The molecule has 3 aromatic rings. The third-order valence-electron chi connectivity index (χ3n) is 5.30. The van der Waals surface area contributed by atoms with Crippen molar-refractivity contribution in [2.75, 3.05) is 32.5 Å². The number of halogens is 1. The molecule has 2 aromatic heterocycles. The lowest BCUT2D eigenvalue weighted by Crippen LogP contribution is -2.71. The Balaban J connectivity index is 1.67. The zero-order valence-corrected chi connectivity index (χ0v) is 19.1. The topological polar surface area (TPSA) is 137 Å². The fourth-order valence-corrected chi connectivity index (χ4v) is 4.74. The van der Waals surface area contributed by atoms with E-state index in [1.807, 2.05) is 0 Å². The lowest BCUT2D eigenvalue weighted by Gasteiger charge is -2.43. The Morgan fingerprint density at radius 2 is 2.12 bits per heavy atom. The van der Waals surface area contributed by atoms with Crippen LogP contribution in [0.4, 0.5) is 5.82 Å². The summed E-state index contributed by atoms with van der Waals surface area (Å²) in [6.07, 6.45) is 1.35. The van der Waals surface area contributed by atoms with Crippen molar-refractivity contribution in [3.8, 4) is 5.06 Å². The molecule has 0 aliphatic carbocycles. The first-order chi connectivity index (χ1) is 15.8. The highest BCUT2D eigenvalue weighted by Gasteiger charge is 2.52. The molecule has 3 heterocycles. The second kappa shape index (κ2) is 9.30. The van der Waals surface area contributed by atoms with Crippen LogP contribution in [0.25, 0.3) is 10.9 Å². The van der Waals surface area contributed by atoms with Crippen molar-refractivity contribution in [1.82, 2.24) is 20.2 Å². The monoisotopic (exact) mass is 489 g/mol. The van der Waals surface area contributed by atoms with Crippen LogP contribution in [0.15, 0.2) is 36.7 Å². The number of amides is 2. The Kier molecular flexibility index (Phi) is 6.45. The molecule has 33 heavy (non-hydrogen) atoms. The van der Waals surface area contributed by atoms with Gasteiger partial charge in [0.1, 0.15) is 12.1 Å². The van der Waals surface area contributed by atoms with Gasteiger partial charge < -0.3 is 20.5 Å². The van der Waals surface area contributed by atoms with Crippen molar-refractivity contribution < 1.29 is 23.9 Å². The first-order valence-corrected chi connectivity index (χ1v) is 11.1. The van der Waals surface area contributed by atoms with Crippen LogP contribution in [0.2, 0.25) is 4.34 Å². The number of fused-ring (bicyclic) bond motifs is 1. The zero-order valence-electron chi connectivity index (χ0n) is 17.5. The first-order valence-electron chi connectivity index (χ1n) is 9.86. The minimum atomic E-state index is -1.61. The molecule has 1 atom stereocenters. The summed E-state index contributed by atoms with van der Waals surface area (Å²) < 4.78 is 11.0. The number of rotatable bonds is 6. The molecule has 1 aliphatic heterocycles. The van der Waals surface area contributed by atoms with Crippen LogP contribution >= 0.6 is 22.9 Å². The molecular weight excluding hydrogens is 470 g/mol. The van der Waals surface area contributed by atoms with Crippen molar-refractivity contribution in [2.24, 2.45) is 0 Å². The van der Waals surface area contributed by atoms with E-state index in [0.717, 1.165) is 16.2 Å². The number of aromatic nitrogens is 2. The summed E-state index contributed by atoms with van der Waals surface area (Å²) in [5.41, 5.74) is 5.52. The first kappa shape index (κ1) is 22.9. The number of methoxy groups -OCH3 is 1. The average molecular weight is 490 g/mol. The smallest absolute Gasteiger partial charge is 0.333 e. The highest BCUT2D eigenvalue weighted by Crippen LogP contribution is 2.30. The number of nitrogen functional groups attached to an aromatic ring is 1. The molecule has 1 aliphatic rings. The summed E-state index contributed by atoms with van der Waals surface area (Å²) in [6.45, 7) is -0.522. The number of carbonyl (C=O) groups is 3. The van der Waals surface area contributed by atoms with Crippen LogP contribution in [-0.4, -0.2) is 65.0 Å². The van der Waals surface area contributed by atoms with E-state index in [2.05, 4.69) is 15.3 Å². The Bertz CT molecular complexity index is 1230. The highest BCUT2D eigenvalue weighted by molar-refractivity contribution is 7.17. The number of nitrogens with zero attached hydrogens (tertiary/aromatic N) is 3. The Labute approximate surface area is 197 Å². The number of anilines is 1. The van der Waals surface area contributed by atoms with E-state index in [9.17, 15) is 14.4 Å². The van der Waals surface area contributed by atoms with Gasteiger partial charge >= 0.3 is 5.97 Å². The molecule has 1 fully saturated rings. The number of nitrogens with one attached hydrogen (secondary N) is 1. The standard InChI is InChI=1S/C21H20ClN5O5S/c1-31-20(30)21(7-12-2-3-13-14(6-12)25-11-26-19(13)23)10-24-8-16(28)27(21)17(29)9-32-18-5-4-15(22)33-18/h2-6,11,24H,7-10H2,1H3,(H2,23,25,26). The van der Waals surface area contributed by atoms with E-state index in [0.29, 0.717) is 31.7 Å². The molecule has 1 aromatic carbocycles. The van der Waals surface area contributed by atoms with Gasteiger partial charge in [-0.15, -0.1) is 0 Å². The van der Waals surface area contributed by atoms with Gasteiger partial charge in [-0.2, -0.15) is 0 Å². The van der Waals surface area contributed by atoms with Crippen LogP contribution in [0.1, 0.15) is 5.56 Å². The third kappa shape index (κ3) is 4.47. The van der Waals surface area contributed by atoms with Gasteiger partial charge in [0.25, 0.3) is 5.91 Å². The second-order valence-corrected chi connectivity index (χ2v) is 9.06. The molecule has 3 N–H and O–H groups in total. The number of ether oxygens (including phenoxy) is 2. The maximum absolute atomic E-state index is 13.2. The van der Waals surface area contributed by atoms with Crippen LogP contribution in [0, 0.1) is 0 Å². The minimum Gasteiger partial charge on any atom is -0.474 e. The Hall–Kier alpha value is -3.28. The van der Waals surface area contributed by atoms with Crippen LogP contribution in [0.3, 0.4) is 0 Å². The SMILES string of the molecule is COC(=O)C1(Cc2ccc3c(N)ncnc3c2)CNCC(=O)N1C(=O)COc1ccc(Cl)s1. The van der Waals surface area contributed by atoms with Crippen LogP contribution < -0.4 is 15.8 Å². The van der Waals surface area contributed by atoms with Gasteiger partial charge in [-0.1, -0.05) is 29.0 Å². The molecule has 0 saturated carbocycles. The molecule has 1 unspecified atom stereocenters. The molecular formula is C21H20ClN5O5S. The molecule has 4 rings (SSSR count). The van der Waals surface area contributed by atoms with Crippen LogP contribution in [0.5, 0.6) is 5.06 Å². The van der Waals surface area contributed by atoms with E-state index >= 15 is 0 Å². The molecule has 0 bridgehead atoms. The largest absolute Gasteiger partial charge is 0.474 e. The van der Waals surface area contributed by atoms with E-state index in [-0.39, 0.29) is 19.5 Å². The van der Waals surface area contributed by atoms with E-state index in [1.165, 1.54) is 13.4 Å². The molecule has 1 saturated heterocycles. The van der Waals surface area contributed by atoms with Crippen molar-refractivity contribution in [1.29, 1.82) is 0 Å². The number of esters is 1. The number of piperazine rings is 1. The lowest BCUT2D eigenvalue weighted by molar-refractivity contribution is -0.171. The molecule has 2 amide bonds. The Morgan fingerprint density at radius 1 is 1.30 bits per heavy atom. The third-order valence-corrected chi connectivity index (χ3v) is 6.44. The molecule has 12 heteroatoms. The number of thiophene rings is 1. The van der Waals surface area contributed by atoms with Gasteiger partial charge in [-0.05, 0) is 29.8 Å².